The number of ether oxygens (including phenoxy) is 1. The second-order valence-corrected chi connectivity index (χ2v) is 6.45. The second-order valence-electron chi connectivity index (χ2n) is 6.05. The second kappa shape index (κ2) is 5.63. The Morgan fingerprint density at radius 2 is 1.81 bits per heavy atom. The van der Waals surface area contributed by atoms with Crippen molar-refractivity contribution in [3.63, 3.8) is 0 Å². The highest BCUT2D eigenvalue weighted by Crippen LogP contribution is 2.37. The standard InChI is InChI=1S/C15H20BClO4/c1-6-19-13(18)10-7-8-11(12(17)9-10)16-20-14(2,3)15(4,5)21-16/h7-9H,6H2,1-5H3. The van der Waals surface area contributed by atoms with Gasteiger partial charge in [0.15, 0.2) is 0 Å². The minimum atomic E-state index is -0.543. The molecule has 0 bridgehead atoms. The Labute approximate surface area is 130 Å². The van der Waals surface area contributed by atoms with Crippen LogP contribution in [0.5, 0.6) is 0 Å². The fourth-order valence-corrected chi connectivity index (χ4v) is 2.30. The third-order valence-corrected chi connectivity index (χ3v) is 4.35. The lowest BCUT2D eigenvalue weighted by Gasteiger charge is -2.32. The Morgan fingerprint density at radius 3 is 2.29 bits per heavy atom. The first-order chi connectivity index (χ1) is 9.68. The topological polar surface area (TPSA) is 44.8 Å². The van der Waals surface area contributed by atoms with Crippen LogP contribution in [0.15, 0.2) is 18.2 Å². The Bertz CT molecular complexity index is 541. The summed E-state index contributed by atoms with van der Waals surface area (Å²) in [6.45, 7) is 10.0. The first kappa shape index (κ1) is 16.3. The smallest absolute Gasteiger partial charge is 0.462 e. The summed E-state index contributed by atoms with van der Waals surface area (Å²) in [5, 5.41) is 0.430. The number of rotatable bonds is 3. The fourth-order valence-electron chi connectivity index (χ4n) is 2.03. The van der Waals surface area contributed by atoms with E-state index in [9.17, 15) is 4.79 Å². The highest BCUT2D eigenvalue weighted by molar-refractivity contribution is 6.65. The van der Waals surface area contributed by atoms with Crippen LogP contribution in [0.3, 0.4) is 0 Å². The molecule has 114 valence electrons. The van der Waals surface area contributed by atoms with Gasteiger partial charge in [-0.15, -0.1) is 0 Å². The molecular formula is C15H20BClO4. The molecule has 1 saturated heterocycles. The van der Waals surface area contributed by atoms with E-state index >= 15 is 0 Å². The zero-order valence-corrected chi connectivity index (χ0v) is 13.8. The molecule has 1 aromatic carbocycles. The van der Waals surface area contributed by atoms with Gasteiger partial charge in [-0.05, 0) is 46.8 Å². The molecule has 0 atom stereocenters. The number of halogens is 1. The quantitative estimate of drug-likeness (QED) is 0.636. The van der Waals surface area contributed by atoms with E-state index < -0.39 is 18.3 Å². The van der Waals surface area contributed by atoms with Crippen LogP contribution >= 0.6 is 11.6 Å². The molecule has 0 spiro atoms. The van der Waals surface area contributed by atoms with Crippen molar-refractivity contribution in [3.8, 4) is 0 Å². The third kappa shape index (κ3) is 3.10. The molecule has 4 nitrogen and oxygen atoms in total. The predicted octanol–water partition coefficient (Wildman–Crippen LogP) is 2.82. The van der Waals surface area contributed by atoms with Gasteiger partial charge in [-0.2, -0.15) is 0 Å². The molecule has 1 aliphatic rings. The fraction of sp³-hybridized carbons (Fsp3) is 0.533. The number of benzene rings is 1. The van der Waals surface area contributed by atoms with E-state index in [2.05, 4.69) is 0 Å². The highest BCUT2D eigenvalue weighted by Gasteiger charge is 2.52. The van der Waals surface area contributed by atoms with Crippen LogP contribution in [0.1, 0.15) is 45.0 Å². The van der Waals surface area contributed by atoms with Gasteiger partial charge in [0.25, 0.3) is 0 Å². The third-order valence-electron chi connectivity index (χ3n) is 4.02. The molecule has 0 aliphatic carbocycles. The number of carbonyl (C=O) groups excluding carboxylic acids is 1. The van der Waals surface area contributed by atoms with E-state index in [1.807, 2.05) is 27.7 Å². The van der Waals surface area contributed by atoms with E-state index in [1.165, 1.54) is 0 Å². The lowest BCUT2D eigenvalue weighted by molar-refractivity contribution is 0.00578. The summed E-state index contributed by atoms with van der Waals surface area (Å²) in [6, 6.07) is 5.00. The predicted molar refractivity (Wildman–Crippen MR) is 83.1 cm³/mol. The number of hydrogen-bond acceptors (Lipinski definition) is 4. The maximum absolute atomic E-state index is 11.7. The van der Waals surface area contributed by atoms with Gasteiger partial charge in [0, 0.05) is 10.5 Å². The number of esters is 1. The molecule has 0 amide bonds. The van der Waals surface area contributed by atoms with Gasteiger partial charge in [-0.1, -0.05) is 17.7 Å². The van der Waals surface area contributed by atoms with Crippen LogP contribution in [0.25, 0.3) is 0 Å². The summed E-state index contributed by atoms with van der Waals surface area (Å²) >= 11 is 6.27. The van der Waals surface area contributed by atoms with Gasteiger partial charge in [0.1, 0.15) is 0 Å². The van der Waals surface area contributed by atoms with Crippen molar-refractivity contribution in [1.82, 2.24) is 0 Å². The molecule has 1 fully saturated rings. The van der Waals surface area contributed by atoms with E-state index in [0.717, 1.165) is 0 Å². The summed E-state index contributed by atoms with van der Waals surface area (Å²) in [5.41, 5.74) is 0.271. The lowest BCUT2D eigenvalue weighted by Crippen LogP contribution is -2.41. The SMILES string of the molecule is CCOC(=O)c1ccc(B2OC(C)(C)C(C)(C)O2)c(Cl)c1. The van der Waals surface area contributed by atoms with Gasteiger partial charge in [-0.25, -0.2) is 4.79 Å². The molecule has 0 N–H and O–H groups in total. The zero-order valence-electron chi connectivity index (χ0n) is 13.0. The Hall–Kier alpha value is -1.04. The number of carbonyl (C=O) groups is 1. The first-order valence-corrected chi connectivity index (χ1v) is 7.38. The van der Waals surface area contributed by atoms with Gasteiger partial charge < -0.3 is 14.0 Å². The van der Waals surface area contributed by atoms with Crippen molar-refractivity contribution in [3.05, 3.63) is 28.8 Å². The molecule has 6 heteroatoms. The molecule has 1 aliphatic heterocycles. The average molecular weight is 311 g/mol. The molecule has 1 aromatic rings. The van der Waals surface area contributed by atoms with Crippen molar-refractivity contribution in [2.45, 2.75) is 45.8 Å². The van der Waals surface area contributed by atoms with Gasteiger partial charge in [-0.3, -0.25) is 0 Å². The summed E-state index contributed by atoms with van der Waals surface area (Å²) in [7, 11) is -0.543. The van der Waals surface area contributed by atoms with Crippen LogP contribution in [0.4, 0.5) is 0 Å². The maximum Gasteiger partial charge on any atom is 0.496 e. The van der Waals surface area contributed by atoms with Gasteiger partial charge >= 0.3 is 13.1 Å². The molecular weight excluding hydrogens is 290 g/mol. The Balaban J connectivity index is 2.25. The minimum Gasteiger partial charge on any atom is -0.462 e. The van der Waals surface area contributed by atoms with Gasteiger partial charge in [0.2, 0.25) is 0 Å². The number of hydrogen-bond donors (Lipinski definition) is 0. The monoisotopic (exact) mass is 310 g/mol. The van der Waals surface area contributed by atoms with E-state index in [4.69, 9.17) is 25.6 Å². The summed E-state index contributed by atoms with van der Waals surface area (Å²) < 4.78 is 16.9. The normalized spacial score (nSPS) is 19.6. The van der Waals surface area contributed by atoms with Crippen LogP contribution < -0.4 is 5.46 Å². The Morgan fingerprint density at radius 1 is 1.24 bits per heavy atom. The van der Waals surface area contributed by atoms with Crippen molar-refractivity contribution in [2.75, 3.05) is 6.61 Å². The van der Waals surface area contributed by atoms with E-state index in [1.54, 1.807) is 25.1 Å². The molecule has 0 radical (unpaired) electrons. The maximum atomic E-state index is 11.7. The van der Waals surface area contributed by atoms with Crippen molar-refractivity contribution < 1.29 is 18.8 Å². The lowest BCUT2D eigenvalue weighted by atomic mass is 9.78. The average Bonchev–Trinajstić information content (AvgIpc) is 2.58. The molecule has 21 heavy (non-hydrogen) atoms. The van der Waals surface area contributed by atoms with E-state index in [0.29, 0.717) is 22.7 Å². The molecule has 2 rings (SSSR count). The van der Waals surface area contributed by atoms with Crippen LogP contribution in [0, 0.1) is 0 Å². The van der Waals surface area contributed by atoms with Crippen molar-refractivity contribution in [1.29, 1.82) is 0 Å². The van der Waals surface area contributed by atoms with Crippen LogP contribution in [0.2, 0.25) is 5.02 Å². The molecule has 1 heterocycles. The first-order valence-electron chi connectivity index (χ1n) is 7.00. The highest BCUT2D eigenvalue weighted by atomic mass is 35.5. The largest absolute Gasteiger partial charge is 0.496 e. The van der Waals surface area contributed by atoms with Crippen LogP contribution in [-0.4, -0.2) is 30.9 Å². The zero-order chi connectivity index (χ0) is 15.8. The summed E-state index contributed by atoms with van der Waals surface area (Å²) in [6.07, 6.45) is 0. The minimum absolute atomic E-state index is 0.329. The Kier molecular flexibility index (Phi) is 4.38. The molecule has 0 unspecified atom stereocenters. The van der Waals surface area contributed by atoms with Crippen molar-refractivity contribution >= 4 is 30.2 Å². The summed E-state index contributed by atoms with van der Waals surface area (Å²) in [4.78, 5) is 11.7. The summed E-state index contributed by atoms with van der Waals surface area (Å²) in [5.74, 6) is -0.389. The molecule has 0 aromatic heterocycles. The molecule has 0 saturated carbocycles. The van der Waals surface area contributed by atoms with E-state index in [-0.39, 0.29) is 5.97 Å². The van der Waals surface area contributed by atoms with Crippen molar-refractivity contribution in [2.24, 2.45) is 0 Å². The van der Waals surface area contributed by atoms with Gasteiger partial charge in [0.05, 0.1) is 23.4 Å². The van der Waals surface area contributed by atoms with Crippen LogP contribution in [-0.2, 0) is 14.0 Å².